The third kappa shape index (κ3) is 3.04. The topological polar surface area (TPSA) is 49.2 Å². The molecule has 2 heterocycles. The first-order valence-corrected chi connectivity index (χ1v) is 7.70. The summed E-state index contributed by atoms with van der Waals surface area (Å²) < 4.78 is 0. The molecule has 0 saturated heterocycles. The summed E-state index contributed by atoms with van der Waals surface area (Å²) in [7, 11) is 0. The highest BCUT2D eigenvalue weighted by molar-refractivity contribution is 7.18. The lowest BCUT2D eigenvalue weighted by molar-refractivity contribution is 0.301. The summed E-state index contributed by atoms with van der Waals surface area (Å²) in [5.74, 6) is 0.891. The first-order valence-electron chi connectivity index (χ1n) is 6.89. The third-order valence-corrected chi connectivity index (χ3v) is 4.28. The predicted molar refractivity (Wildman–Crippen MR) is 86.7 cm³/mol. The highest BCUT2D eigenvalue weighted by atomic mass is 32.1. The van der Waals surface area contributed by atoms with Crippen molar-refractivity contribution in [3.05, 3.63) is 53.2 Å². The Morgan fingerprint density at radius 3 is 2.76 bits per heavy atom. The number of nitrogens with zero attached hydrogens (tertiary/aromatic N) is 3. The predicted octanol–water partition coefficient (Wildman–Crippen LogP) is 3.00. The normalized spacial score (nSPS) is 11.0. The molecule has 0 saturated carbocycles. The van der Waals surface area contributed by atoms with Crippen molar-refractivity contribution in [3.63, 3.8) is 0 Å². The number of aryl methyl sites for hydroxylation is 1. The fourth-order valence-electron chi connectivity index (χ4n) is 2.40. The number of aliphatic hydroxyl groups excluding tert-OH is 1. The van der Waals surface area contributed by atoms with Crippen molar-refractivity contribution >= 4 is 27.4 Å². The van der Waals surface area contributed by atoms with Gasteiger partial charge in [0, 0.05) is 18.0 Å². The number of thiophene rings is 1. The molecule has 4 nitrogen and oxygen atoms in total. The first kappa shape index (κ1) is 14.0. The van der Waals surface area contributed by atoms with Crippen molar-refractivity contribution in [2.24, 2.45) is 0 Å². The Morgan fingerprint density at radius 1 is 1.19 bits per heavy atom. The number of anilines is 1. The van der Waals surface area contributed by atoms with Crippen LogP contribution in [0.25, 0.3) is 10.2 Å². The van der Waals surface area contributed by atoms with Gasteiger partial charge in [0.1, 0.15) is 17.0 Å². The molecule has 0 atom stereocenters. The van der Waals surface area contributed by atoms with Crippen molar-refractivity contribution in [2.75, 3.05) is 18.1 Å². The van der Waals surface area contributed by atoms with E-state index in [0.29, 0.717) is 6.54 Å². The van der Waals surface area contributed by atoms with Gasteiger partial charge in [0.2, 0.25) is 0 Å². The summed E-state index contributed by atoms with van der Waals surface area (Å²) in [5.41, 5.74) is 1.20. The van der Waals surface area contributed by atoms with Crippen LogP contribution in [0.3, 0.4) is 0 Å². The molecule has 2 aromatic heterocycles. The molecule has 21 heavy (non-hydrogen) atoms. The molecule has 0 aliphatic rings. The molecule has 0 unspecified atom stereocenters. The van der Waals surface area contributed by atoms with E-state index in [1.165, 1.54) is 10.4 Å². The van der Waals surface area contributed by atoms with Gasteiger partial charge in [-0.15, -0.1) is 11.3 Å². The van der Waals surface area contributed by atoms with E-state index in [-0.39, 0.29) is 6.61 Å². The van der Waals surface area contributed by atoms with Crippen LogP contribution in [0.2, 0.25) is 0 Å². The summed E-state index contributed by atoms with van der Waals surface area (Å²) >= 11 is 1.67. The molecule has 5 heteroatoms. The molecule has 0 bridgehead atoms. The Kier molecular flexibility index (Phi) is 4.13. The minimum atomic E-state index is 0.0987. The lowest BCUT2D eigenvalue weighted by Crippen LogP contribution is -2.27. The molecule has 0 spiro atoms. The Balaban J connectivity index is 1.99. The Labute approximate surface area is 127 Å². The average Bonchev–Trinajstić information content (AvgIpc) is 2.88. The molecule has 0 aliphatic carbocycles. The van der Waals surface area contributed by atoms with Crippen LogP contribution in [0, 0.1) is 6.92 Å². The van der Waals surface area contributed by atoms with Crippen LogP contribution in [0.4, 0.5) is 5.82 Å². The van der Waals surface area contributed by atoms with Crippen molar-refractivity contribution in [2.45, 2.75) is 13.5 Å². The monoisotopic (exact) mass is 299 g/mol. The molecule has 1 aromatic carbocycles. The zero-order chi connectivity index (χ0) is 14.7. The molecule has 0 amide bonds. The van der Waals surface area contributed by atoms with Crippen LogP contribution in [-0.4, -0.2) is 28.2 Å². The summed E-state index contributed by atoms with van der Waals surface area (Å²) in [6.45, 7) is 3.45. The van der Waals surface area contributed by atoms with Gasteiger partial charge in [0.05, 0.1) is 12.0 Å². The Hall–Kier alpha value is -1.98. The third-order valence-electron chi connectivity index (χ3n) is 3.32. The lowest BCUT2D eigenvalue weighted by Gasteiger charge is -2.23. The number of aliphatic hydroxyl groups is 1. The van der Waals surface area contributed by atoms with Gasteiger partial charge in [0.25, 0.3) is 0 Å². The average molecular weight is 299 g/mol. The maximum atomic E-state index is 9.37. The van der Waals surface area contributed by atoms with Crippen LogP contribution in [0.5, 0.6) is 0 Å². The quantitative estimate of drug-likeness (QED) is 0.787. The van der Waals surface area contributed by atoms with Crippen molar-refractivity contribution in [3.8, 4) is 0 Å². The second-order valence-electron chi connectivity index (χ2n) is 4.90. The zero-order valence-electron chi connectivity index (χ0n) is 11.9. The Bertz CT molecular complexity index is 727. The van der Waals surface area contributed by atoms with Crippen molar-refractivity contribution in [1.82, 2.24) is 9.97 Å². The van der Waals surface area contributed by atoms with E-state index in [1.807, 2.05) is 18.2 Å². The number of aromatic nitrogens is 2. The van der Waals surface area contributed by atoms with Gasteiger partial charge in [-0.2, -0.15) is 0 Å². The molecule has 3 rings (SSSR count). The molecule has 3 aromatic rings. The summed E-state index contributed by atoms with van der Waals surface area (Å²) in [5, 5.41) is 10.4. The first-order chi connectivity index (χ1) is 10.3. The highest BCUT2D eigenvalue weighted by Crippen LogP contribution is 2.30. The van der Waals surface area contributed by atoms with E-state index >= 15 is 0 Å². The van der Waals surface area contributed by atoms with E-state index < -0.39 is 0 Å². The van der Waals surface area contributed by atoms with E-state index in [9.17, 15) is 5.11 Å². The largest absolute Gasteiger partial charge is 0.395 e. The lowest BCUT2D eigenvalue weighted by atomic mass is 10.2. The van der Waals surface area contributed by atoms with Crippen molar-refractivity contribution in [1.29, 1.82) is 0 Å². The molecule has 0 aliphatic heterocycles. The number of hydrogen-bond acceptors (Lipinski definition) is 5. The van der Waals surface area contributed by atoms with E-state index in [2.05, 4.69) is 40.0 Å². The Morgan fingerprint density at radius 2 is 2.00 bits per heavy atom. The van der Waals surface area contributed by atoms with E-state index in [0.717, 1.165) is 22.6 Å². The van der Waals surface area contributed by atoms with Gasteiger partial charge < -0.3 is 10.0 Å². The smallest absolute Gasteiger partial charge is 0.141 e. The summed E-state index contributed by atoms with van der Waals surface area (Å²) in [6, 6.07) is 12.3. The molecule has 1 N–H and O–H groups in total. The number of rotatable bonds is 5. The maximum absolute atomic E-state index is 9.37. The minimum Gasteiger partial charge on any atom is -0.395 e. The fourth-order valence-corrected chi connectivity index (χ4v) is 3.24. The summed E-state index contributed by atoms with van der Waals surface area (Å²) in [4.78, 5) is 13.1. The molecule has 0 radical (unpaired) electrons. The second-order valence-corrected chi connectivity index (χ2v) is 6.14. The van der Waals surface area contributed by atoms with Gasteiger partial charge in [-0.1, -0.05) is 30.3 Å². The van der Waals surface area contributed by atoms with Crippen LogP contribution in [0.1, 0.15) is 10.4 Å². The van der Waals surface area contributed by atoms with E-state index in [4.69, 9.17) is 0 Å². The zero-order valence-corrected chi connectivity index (χ0v) is 12.7. The molecule has 108 valence electrons. The van der Waals surface area contributed by atoms with Gasteiger partial charge in [-0.25, -0.2) is 9.97 Å². The van der Waals surface area contributed by atoms with Crippen LogP contribution < -0.4 is 4.90 Å². The van der Waals surface area contributed by atoms with Crippen LogP contribution >= 0.6 is 11.3 Å². The molecule has 0 fully saturated rings. The van der Waals surface area contributed by atoms with Crippen LogP contribution in [-0.2, 0) is 6.54 Å². The minimum absolute atomic E-state index is 0.0987. The second kappa shape index (κ2) is 6.20. The van der Waals surface area contributed by atoms with Gasteiger partial charge in [-0.3, -0.25) is 0 Å². The summed E-state index contributed by atoms with van der Waals surface area (Å²) in [6.07, 6.45) is 1.60. The van der Waals surface area contributed by atoms with Gasteiger partial charge in [-0.05, 0) is 18.6 Å². The fraction of sp³-hybridized carbons (Fsp3) is 0.250. The van der Waals surface area contributed by atoms with Crippen LogP contribution in [0.15, 0.2) is 42.7 Å². The van der Waals surface area contributed by atoms with Gasteiger partial charge in [0.15, 0.2) is 0 Å². The molecular formula is C16H17N3OS. The number of hydrogen-bond donors (Lipinski definition) is 1. The standard InChI is InChI=1S/C16H17N3OS/c1-12-9-14-15(17-11-18-16(14)21-12)19(7-8-20)10-13-5-3-2-4-6-13/h2-6,9,11,20H,7-8,10H2,1H3. The van der Waals surface area contributed by atoms with E-state index in [1.54, 1.807) is 17.7 Å². The SMILES string of the molecule is Cc1cc2c(N(CCO)Cc3ccccc3)ncnc2s1. The number of fused-ring (bicyclic) bond motifs is 1. The van der Waals surface area contributed by atoms with Crippen molar-refractivity contribution < 1.29 is 5.11 Å². The van der Waals surface area contributed by atoms with Gasteiger partial charge >= 0.3 is 0 Å². The molecular weight excluding hydrogens is 282 g/mol. The number of benzene rings is 1. The highest BCUT2D eigenvalue weighted by Gasteiger charge is 2.14. The maximum Gasteiger partial charge on any atom is 0.141 e.